The Morgan fingerprint density at radius 1 is 0.435 bits per heavy atom. The van der Waals surface area contributed by atoms with Crippen molar-refractivity contribution in [2.24, 2.45) is 0 Å². The molecule has 12 atom stereocenters. The number of nitrogens with one attached hydrogen (secondary N) is 1. The number of unbranched alkanes of at least 4 members (excludes halogenated alkanes) is 21. The molecule has 486 valence electrons. The molecule has 0 radical (unpaired) electrons. The fourth-order valence-electron chi connectivity index (χ4n) is 10.1. The Kier molecular flexibility index (Phi) is 49.7. The van der Waals surface area contributed by atoms with Gasteiger partial charge >= 0.3 is 0 Å². The molecule has 0 aromatic heterocycles. The van der Waals surface area contributed by atoms with Crippen molar-refractivity contribution in [3.05, 3.63) is 122 Å². The van der Waals surface area contributed by atoms with Crippen LogP contribution in [0.3, 0.4) is 0 Å². The van der Waals surface area contributed by atoms with Gasteiger partial charge in [-0.2, -0.15) is 0 Å². The van der Waals surface area contributed by atoms with E-state index in [4.69, 9.17) is 18.9 Å². The molecule has 1 amide bonds. The largest absolute Gasteiger partial charge is 0.394 e. The molecule has 9 N–H and O–H groups in total. The van der Waals surface area contributed by atoms with Crippen LogP contribution >= 0.6 is 0 Å². The van der Waals surface area contributed by atoms with E-state index in [0.29, 0.717) is 12.8 Å². The first-order valence-corrected chi connectivity index (χ1v) is 33.3. The van der Waals surface area contributed by atoms with Crippen LogP contribution in [0.15, 0.2) is 122 Å². The zero-order valence-corrected chi connectivity index (χ0v) is 52.6. The number of rotatable bonds is 52. The van der Waals surface area contributed by atoms with Crippen molar-refractivity contribution in [1.82, 2.24) is 5.32 Å². The minimum atomic E-state index is -1.80. The third-order valence-electron chi connectivity index (χ3n) is 15.4. The lowest BCUT2D eigenvalue weighted by Gasteiger charge is -2.46. The van der Waals surface area contributed by atoms with E-state index in [9.17, 15) is 45.6 Å². The summed E-state index contributed by atoms with van der Waals surface area (Å²) in [5, 5.41) is 87.3. The Morgan fingerprint density at radius 2 is 0.824 bits per heavy atom. The van der Waals surface area contributed by atoms with Crippen molar-refractivity contribution in [3.8, 4) is 0 Å². The molecule has 0 aromatic carbocycles. The molecular weight excluding hydrogens is 1070 g/mol. The molecule has 0 aromatic rings. The number of aliphatic hydroxyl groups excluding tert-OH is 8. The first kappa shape index (κ1) is 77.5. The third-order valence-corrected chi connectivity index (χ3v) is 15.4. The van der Waals surface area contributed by atoms with Gasteiger partial charge in [-0.3, -0.25) is 4.79 Å². The smallest absolute Gasteiger partial charge is 0.220 e. The normalized spacial score (nSPS) is 24.4. The number of aliphatic hydroxyl groups is 8. The molecule has 85 heavy (non-hydrogen) atoms. The van der Waals surface area contributed by atoms with Gasteiger partial charge in [0.05, 0.1) is 32.0 Å². The SMILES string of the molecule is CC/C=C\C/C=C\C/C=C\C/C=C\C/C=C\C/C=C\C/C=C\CCCCCC(=O)NC(COC1OC(CO)C(OC2OC(CO)C(O)C(O)C2O)C(O)C1O)C(O)/C=C/CC/C=C/CC/C=C/CCCCCCCCCCCCCCCCCC. The Bertz CT molecular complexity index is 1890. The topological polar surface area (TPSA) is 228 Å². The standard InChI is InChI=1S/C71H119NO13/c1-3-5-7-9-11-13-15-17-19-21-23-25-27-29-31-32-34-36-38-40-42-44-46-48-50-52-54-60(75)59(58-82-70-68(81)66(79)69(62(57-74)84-70)85-71-67(80)65(78)64(77)61(56-73)83-71)72-63(76)55-53-51-49-47-45-43-41-39-37-35-33-30-28-26-24-22-20-18-16-14-12-10-8-6-4-2/h6,8,12,14,18,20,24,26,30,33,36-39,43-46,52,54,59-62,64-71,73-75,77-81H,3-5,7,9-11,13,15-17,19,21-23,25,27-29,31-32,34-35,40-42,47-51,53,55-58H2,1-2H3,(H,72,76)/b8-6-,14-12-,20-18-,26-24-,33-30-,38-36+,39-37-,45-43-,46-44+,54-52+. The van der Waals surface area contributed by atoms with Gasteiger partial charge in [-0.1, -0.05) is 238 Å². The van der Waals surface area contributed by atoms with Crippen molar-refractivity contribution in [3.63, 3.8) is 0 Å². The third kappa shape index (κ3) is 39.1. The lowest BCUT2D eigenvalue weighted by atomic mass is 9.97. The van der Waals surface area contributed by atoms with Crippen LogP contribution in [0.4, 0.5) is 0 Å². The van der Waals surface area contributed by atoms with Gasteiger partial charge in [0.1, 0.15) is 48.8 Å². The molecule has 2 fully saturated rings. The van der Waals surface area contributed by atoms with E-state index in [2.05, 4.69) is 129 Å². The zero-order chi connectivity index (χ0) is 61.6. The van der Waals surface area contributed by atoms with E-state index in [1.165, 1.54) is 103 Å². The van der Waals surface area contributed by atoms with E-state index in [1.54, 1.807) is 6.08 Å². The summed E-state index contributed by atoms with van der Waals surface area (Å²) < 4.78 is 22.8. The van der Waals surface area contributed by atoms with Crippen LogP contribution < -0.4 is 5.32 Å². The molecule has 2 aliphatic rings. The maximum Gasteiger partial charge on any atom is 0.220 e. The second-order valence-corrected chi connectivity index (χ2v) is 22.8. The first-order valence-electron chi connectivity index (χ1n) is 33.3. The summed E-state index contributed by atoms with van der Waals surface area (Å²) in [4.78, 5) is 13.3. The summed E-state index contributed by atoms with van der Waals surface area (Å²) in [6.07, 6.45) is 62.4. The highest BCUT2D eigenvalue weighted by Crippen LogP contribution is 2.30. The number of allylic oxidation sites excluding steroid dienone is 19. The predicted octanol–water partition coefficient (Wildman–Crippen LogP) is 12.9. The maximum atomic E-state index is 13.3. The molecule has 0 saturated carbocycles. The monoisotopic (exact) mass is 1190 g/mol. The molecule has 0 aliphatic carbocycles. The summed E-state index contributed by atoms with van der Waals surface area (Å²) in [6, 6.07) is -0.967. The van der Waals surface area contributed by atoms with Crippen LogP contribution in [-0.4, -0.2) is 140 Å². The average molecular weight is 1190 g/mol. The Hall–Kier alpha value is -3.61. The minimum absolute atomic E-state index is 0.222. The number of ether oxygens (including phenoxy) is 4. The minimum Gasteiger partial charge on any atom is -0.394 e. The first-order chi connectivity index (χ1) is 41.6. The highest BCUT2D eigenvalue weighted by atomic mass is 16.7. The van der Waals surface area contributed by atoms with Gasteiger partial charge in [0.15, 0.2) is 12.6 Å². The summed E-state index contributed by atoms with van der Waals surface area (Å²) in [6.45, 7) is 2.64. The van der Waals surface area contributed by atoms with Gasteiger partial charge in [-0.05, 0) is 103 Å². The fourth-order valence-corrected chi connectivity index (χ4v) is 10.1. The number of carbonyl (C=O) groups excluding carboxylic acids is 1. The number of carbonyl (C=O) groups is 1. The van der Waals surface area contributed by atoms with E-state index in [-0.39, 0.29) is 18.9 Å². The number of amides is 1. The lowest BCUT2D eigenvalue weighted by Crippen LogP contribution is -2.65. The molecule has 12 unspecified atom stereocenters. The Balaban J connectivity index is 1.77. The molecule has 0 spiro atoms. The van der Waals surface area contributed by atoms with Crippen molar-refractivity contribution in [2.75, 3.05) is 19.8 Å². The molecule has 2 rings (SSSR count). The molecule has 14 heteroatoms. The van der Waals surface area contributed by atoms with Crippen molar-refractivity contribution < 1.29 is 64.6 Å². The van der Waals surface area contributed by atoms with E-state index in [1.807, 2.05) is 6.08 Å². The van der Waals surface area contributed by atoms with Gasteiger partial charge in [0.25, 0.3) is 0 Å². The van der Waals surface area contributed by atoms with Gasteiger partial charge in [0, 0.05) is 6.42 Å². The summed E-state index contributed by atoms with van der Waals surface area (Å²) in [5.41, 5.74) is 0. The molecule has 0 bridgehead atoms. The average Bonchev–Trinajstić information content (AvgIpc) is 3.29. The van der Waals surface area contributed by atoms with Crippen LogP contribution in [0.5, 0.6) is 0 Å². The van der Waals surface area contributed by atoms with Crippen molar-refractivity contribution in [2.45, 2.75) is 299 Å². The highest BCUT2D eigenvalue weighted by Gasteiger charge is 2.51. The summed E-state index contributed by atoms with van der Waals surface area (Å²) >= 11 is 0. The molecule has 2 saturated heterocycles. The molecule has 14 nitrogen and oxygen atoms in total. The van der Waals surface area contributed by atoms with Gasteiger partial charge in [-0.25, -0.2) is 0 Å². The maximum absolute atomic E-state index is 13.3. The van der Waals surface area contributed by atoms with Crippen LogP contribution in [0, 0.1) is 0 Å². The van der Waals surface area contributed by atoms with E-state index >= 15 is 0 Å². The van der Waals surface area contributed by atoms with E-state index < -0.39 is 86.8 Å². The van der Waals surface area contributed by atoms with Crippen LogP contribution in [0.2, 0.25) is 0 Å². The van der Waals surface area contributed by atoms with Crippen molar-refractivity contribution >= 4 is 5.91 Å². The fraction of sp³-hybridized carbons (Fsp3) is 0.704. The van der Waals surface area contributed by atoms with E-state index in [0.717, 1.165) is 89.9 Å². The van der Waals surface area contributed by atoms with Crippen LogP contribution in [-0.2, 0) is 23.7 Å². The van der Waals surface area contributed by atoms with Crippen LogP contribution in [0.1, 0.15) is 226 Å². The van der Waals surface area contributed by atoms with Gasteiger partial charge in [-0.15, -0.1) is 0 Å². The quantitative estimate of drug-likeness (QED) is 0.0204. The highest BCUT2D eigenvalue weighted by molar-refractivity contribution is 5.76. The second kappa shape index (κ2) is 54.5. The molecule has 2 aliphatic heterocycles. The number of hydrogen-bond donors (Lipinski definition) is 9. The second-order valence-electron chi connectivity index (χ2n) is 22.8. The van der Waals surface area contributed by atoms with Crippen molar-refractivity contribution in [1.29, 1.82) is 0 Å². The Morgan fingerprint density at radius 3 is 1.29 bits per heavy atom. The van der Waals surface area contributed by atoms with Gasteiger partial charge < -0.3 is 65.1 Å². The van der Waals surface area contributed by atoms with Gasteiger partial charge in [0.2, 0.25) is 5.91 Å². The molecule has 2 heterocycles. The molecular formula is C71H119NO13. The summed E-state index contributed by atoms with van der Waals surface area (Å²) in [7, 11) is 0. The summed E-state index contributed by atoms with van der Waals surface area (Å²) in [5.74, 6) is -0.289. The predicted molar refractivity (Wildman–Crippen MR) is 345 cm³/mol. The Labute approximate surface area is 514 Å². The lowest BCUT2D eigenvalue weighted by molar-refractivity contribution is -0.359. The number of hydrogen-bond acceptors (Lipinski definition) is 13. The van der Waals surface area contributed by atoms with Crippen LogP contribution in [0.25, 0.3) is 0 Å². The zero-order valence-electron chi connectivity index (χ0n) is 52.6.